The molecule has 1 aromatic carbocycles. The van der Waals surface area contributed by atoms with E-state index >= 15 is 0 Å². The Labute approximate surface area is 144 Å². The second-order valence-electron chi connectivity index (χ2n) is 5.45. The predicted molar refractivity (Wildman–Crippen MR) is 95.3 cm³/mol. The van der Waals surface area contributed by atoms with Gasteiger partial charge >= 0.3 is 5.97 Å². The Bertz CT molecular complexity index is 773. The number of thioether (sulfide) groups is 1. The van der Waals surface area contributed by atoms with Crippen molar-refractivity contribution in [1.29, 1.82) is 0 Å². The van der Waals surface area contributed by atoms with Crippen LogP contribution in [0.25, 0.3) is 10.9 Å². The molecule has 0 bridgehead atoms. The van der Waals surface area contributed by atoms with Crippen molar-refractivity contribution in [2.24, 2.45) is 0 Å². The summed E-state index contributed by atoms with van der Waals surface area (Å²) in [7, 11) is 0. The highest BCUT2D eigenvalue weighted by molar-refractivity contribution is 7.99. The third kappa shape index (κ3) is 4.17. The maximum atomic E-state index is 14.0. The number of benzene rings is 1. The fourth-order valence-corrected chi connectivity index (χ4v) is 3.50. The van der Waals surface area contributed by atoms with Crippen molar-refractivity contribution in [2.45, 2.75) is 44.6 Å². The van der Waals surface area contributed by atoms with Crippen LogP contribution in [0.3, 0.4) is 0 Å². The van der Waals surface area contributed by atoms with Crippen molar-refractivity contribution < 1.29 is 13.9 Å². The van der Waals surface area contributed by atoms with Crippen molar-refractivity contribution in [3.05, 3.63) is 39.8 Å². The molecule has 2 aromatic rings. The molecular weight excluding hydrogens is 329 g/mol. The number of carbonyl (C=O) groups excluding carboxylic acids is 1. The van der Waals surface area contributed by atoms with E-state index in [0.29, 0.717) is 5.03 Å². The Hall–Kier alpha value is -1.82. The number of rotatable bonds is 8. The second kappa shape index (κ2) is 8.87. The maximum Gasteiger partial charge on any atom is 0.344 e. The molecule has 0 saturated heterocycles. The number of pyridine rings is 1. The van der Waals surface area contributed by atoms with Crippen molar-refractivity contribution >= 4 is 28.6 Å². The highest BCUT2D eigenvalue weighted by Gasteiger charge is 2.21. The monoisotopic (exact) mass is 351 g/mol. The van der Waals surface area contributed by atoms with Gasteiger partial charge in [0.05, 0.1) is 17.1 Å². The van der Waals surface area contributed by atoms with Crippen molar-refractivity contribution in [1.82, 2.24) is 4.98 Å². The van der Waals surface area contributed by atoms with Crippen LogP contribution < -0.4 is 5.43 Å². The van der Waals surface area contributed by atoms with Gasteiger partial charge in [-0.3, -0.25) is 4.79 Å². The molecule has 0 aliphatic heterocycles. The van der Waals surface area contributed by atoms with E-state index in [-0.39, 0.29) is 23.1 Å². The molecule has 0 spiro atoms. The molecule has 0 atom stereocenters. The molecule has 130 valence electrons. The number of aromatic nitrogens is 1. The normalized spacial score (nSPS) is 11.0. The summed E-state index contributed by atoms with van der Waals surface area (Å²) in [5, 5.41) is 0.543. The first-order valence-corrected chi connectivity index (χ1v) is 9.23. The quantitative estimate of drug-likeness (QED) is 0.432. The molecule has 0 aliphatic carbocycles. The van der Waals surface area contributed by atoms with Crippen LogP contribution in [0.1, 0.15) is 49.9 Å². The number of para-hydroxylation sites is 1. The second-order valence-corrected chi connectivity index (χ2v) is 6.56. The van der Waals surface area contributed by atoms with Crippen LogP contribution in [-0.2, 0) is 4.74 Å². The lowest BCUT2D eigenvalue weighted by Crippen LogP contribution is -2.20. The molecule has 1 N–H and O–H groups in total. The fraction of sp³-hybridized carbons (Fsp3) is 0.444. The van der Waals surface area contributed by atoms with Gasteiger partial charge in [-0.15, -0.1) is 11.8 Å². The first-order valence-electron chi connectivity index (χ1n) is 8.24. The number of hydrogen-bond acceptors (Lipinski definition) is 4. The summed E-state index contributed by atoms with van der Waals surface area (Å²) in [5.74, 6) is -0.420. The number of esters is 1. The molecule has 24 heavy (non-hydrogen) atoms. The summed E-state index contributed by atoms with van der Waals surface area (Å²) in [6.07, 6.45) is 4.34. The van der Waals surface area contributed by atoms with Gasteiger partial charge in [0, 0.05) is 5.39 Å². The molecule has 0 radical (unpaired) electrons. The van der Waals surface area contributed by atoms with E-state index in [1.54, 1.807) is 6.92 Å². The number of nitrogens with one attached hydrogen (secondary N) is 1. The average molecular weight is 351 g/mol. The predicted octanol–water partition coefficient (Wildman–Crippen LogP) is 4.52. The molecule has 1 aromatic heterocycles. The number of carbonyl (C=O) groups is 1. The largest absolute Gasteiger partial charge is 0.462 e. The molecule has 0 aliphatic rings. The minimum absolute atomic E-state index is 0.0320. The van der Waals surface area contributed by atoms with E-state index < -0.39 is 17.2 Å². The number of fused-ring (bicyclic) bond motifs is 1. The number of halogens is 1. The third-order valence-corrected chi connectivity index (χ3v) is 4.76. The summed E-state index contributed by atoms with van der Waals surface area (Å²) in [5.41, 5.74) is -0.389. The zero-order valence-electron chi connectivity index (χ0n) is 14.0. The number of unbranched alkanes of at least 4 members (excludes halogenated alkanes) is 3. The van der Waals surface area contributed by atoms with Gasteiger partial charge in [0.1, 0.15) is 11.4 Å². The van der Waals surface area contributed by atoms with Crippen LogP contribution in [0.2, 0.25) is 0 Å². The molecule has 0 saturated carbocycles. The SMILES string of the molecule is CCCCCCSc1[nH]c2c(F)cccc2c(=O)c1C(=O)OCC. The Morgan fingerprint density at radius 2 is 2.04 bits per heavy atom. The Morgan fingerprint density at radius 3 is 2.75 bits per heavy atom. The minimum atomic E-state index is -0.666. The van der Waals surface area contributed by atoms with Crippen LogP contribution in [0.4, 0.5) is 4.39 Å². The smallest absolute Gasteiger partial charge is 0.344 e. The van der Waals surface area contributed by atoms with Crippen LogP contribution in [0.15, 0.2) is 28.0 Å². The van der Waals surface area contributed by atoms with Crippen LogP contribution in [0, 0.1) is 5.82 Å². The summed E-state index contributed by atoms with van der Waals surface area (Å²) in [6.45, 7) is 4.00. The first kappa shape index (κ1) is 18.5. The van der Waals surface area contributed by atoms with Gasteiger partial charge in [-0.2, -0.15) is 0 Å². The topological polar surface area (TPSA) is 59.2 Å². The summed E-state index contributed by atoms with van der Waals surface area (Å²) < 4.78 is 19.0. The van der Waals surface area contributed by atoms with Gasteiger partial charge in [0.2, 0.25) is 5.43 Å². The first-order chi connectivity index (χ1) is 11.6. The van der Waals surface area contributed by atoms with Crippen LogP contribution >= 0.6 is 11.8 Å². The van der Waals surface area contributed by atoms with Crippen LogP contribution in [-0.4, -0.2) is 23.3 Å². The molecule has 2 rings (SSSR count). The zero-order valence-corrected chi connectivity index (χ0v) is 14.8. The minimum Gasteiger partial charge on any atom is -0.462 e. The van der Waals surface area contributed by atoms with E-state index in [2.05, 4.69) is 11.9 Å². The molecule has 1 heterocycles. The van der Waals surface area contributed by atoms with E-state index in [9.17, 15) is 14.0 Å². The maximum absolute atomic E-state index is 14.0. The van der Waals surface area contributed by atoms with Gasteiger partial charge in [0.25, 0.3) is 0 Å². The van der Waals surface area contributed by atoms with Gasteiger partial charge in [-0.05, 0) is 31.2 Å². The molecular formula is C18H22FNO3S. The summed E-state index contributed by atoms with van der Waals surface area (Å²) >= 11 is 1.37. The lowest BCUT2D eigenvalue weighted by Gasteiger charge is -2.10. The van der Waals surface area contributed by atoms with Gasteiger partial charge < -0.3 is 9.72 Å². The highest BCUT2D eigenvalue weighted by atomic mass is 32.2. The average Bonchev–Trinajstić information content (AvgIpc) is 2.56. The third-order valence-electron chi connectivity index (χ3n) is 3.67. The molecule has 0 amide bonds. The Morgan fingerprint density at radius 1 is 1.25 bits per heavy atom. The van der Waals surface area contributed by atoms with Crippen LogP contribution in [0.5, 0.6) is 0 Å². The lowest BCUT2D eigenvalue weighted by molar-refractivity contribution is 0.0520. The summed E-state index contributed by atoms with van der Waals surface area (Å²) in [6, 6.07) is 4.26. The van der Waals surface area contributed by atoms with E-state index in [0.717, 1.165) is 31.4 Å². The van der Waals surface area contributed by atoms with Gasteiger partial charge in [0.15, 0.2) is 0 Å². The zero-order chi connectivity index (χ0) is 17.5. The molecule has 6 heteroatoms. The number of hydrogen-bond donors (Lipinski definition) is 1. The summed E-state index contributed by atoms with van der Waals surface area (Å²) in [4.78, 5) is 27.8. The van der Waals surface area contributed by atoms with E-state index in [4.69, 9.17) is 4.74 Å². The number of H-pyrrole nitrogens is 1. The van der Waals surface area contributed by atoms with Gasteiger partial charge in [-0.1, -0.05) is 32.3 Å². The van der Waals surface area contributed by atoms with Crippen molar-refractivity contribution in [2.75, 3.05) is 12.4 Å². The number of ether oxygens (including phenoxy) is 1. The fourth-order valence-electron chi connectivity index (χ4n) is 2.45. The lowest BCUT2D eigenvalue weighted by atomic mass is 10.1. The standard InChI is InChI=1S/C18H22FNO3S/c1-3-5-6-7-11-24-17-14(18(22)23-4-2)16(21)12-9-8-10-13(19)15(12)20-17/h8-10H,3-7,11H2,1-2H3,(H,20,21). The highest BCUT2D eigenvalue weighted by Crippen LogP contribution is 2.24. The van der Waals surface area contributed by atoms with E-state index in [1.165, 1.54) is 30.0 Å². The molecule has 0 fully saturated rings. The Kier molecular flexibility index (Phi) is 6.85. The Balaban J connectivity index is 2.41. The van der Waals surface area contributed by atoms with Gasteiger partial charge in [-0.25, -0.2) is 9.18 Å². The van der Waals surface area contributed by atoms with Crippen molar-refractivity contribution in [3.63, 3.8) is 0 Å². The number of aromatic amines is 1. The van der Waals surface area contributed by atoms with Crippen molar-refractivity contribution in [3.8, 4) is 0 Å². The molecule has 0 unspecified atom stereocenters. The molecule has 4 nitrogen and oxygen atoms in total. The van der Waals surface area contributed by atoms with E-state index in [1.807, 2.05) is 0 Å².